The van der Waals surface area contributed by atoms with Gasteiger partial charge in [0.1, 0.15) is 23.7 Å². The number of nitriles is 1. The van der Waals surface area contributed by atoms with Crippen LogP contribution in [0, 0.1) is 11.3 Å². The van der Waals surface area contributed by atoms with Crippen molar-refractivity contribution in [3.8, 4) is 11.8 Å². The summed E-state index contributed by atoms with van der Waals surface area (Å²) >= 11 is 0. The van der Waals surface area contributed by atoms with Crippen LogP contribution in [0.5, 0.6) is 5.75 Å². The summed E-state index contributed by atoms with van der Waals surface area (Å²) in [6, 6.07) is 4.06. The number of benzene rings is 1. The lowest BCUT2D eigenvalue weighted by molar-refractivity contribution is 0.0522. The van der Waals surface area contributed by atoms with Gasteiger partial charge in [-0.05, 0) is 19.1 Å². The predicted octanol–water partition coefficient (Wildman–Crippen LogP) is 1.25. The van der Waals surface area contributed by atoms with Crippen molar-refractivity contribution in [3.63, 3.8) is 0 Å². The van der Waals surface area contributed by atoms with Crippen LogP contribution in [0.15, 0.2) is 12.1 Å². The fourth-order valence-electron chi connectivity index (χ4n) is 1.22. The minimum atomic E-state index is -0.783. The van der Waals surface area contributed by atoms with Gasteiger partial charge in [-0.3, -0.25) is 4.79 Å². The largest absolute Gasteiger partial charge is 0.507 e. The highest BCUT2D eigenvalue weighted by Crippen LogP contribution is 2.23. The van der Waals surface area contributed by atoms with Crippen LogP contribution < -0.4 is 0 Å². The number of rotatable bonds is 3. The molecule has 0 aromatic heterocycles. The topological polar surface area (TPSA) is 87.4 Å². The summed E-state index contributed by atoms with van der Waals surface area (Å²) in [6.45, 7) is 1.75. The van der Waals surface area contributed by atoms with Crippen LogP contribution >= 0.6 is 0 Å². The monoisotopic (exact) mass is 219 g/mol. The van der Waals surface area contributed by atoms with Crippen LogP contribution in [0.4, 0.5) is 0 Å². The Hall–Kier alpha value is -2.35. The first-order valence-electron chi connectivity index (χ1n) is 4.53. The van der Waals surface area contributed by atoms with Gasteiger partial charge >= 0.3 is 5.97 Å². The van der Waals surface area contributed by atoms with Crippen molar-refractivity contribution in [2.24, 2.45) is 0 Å². The second-order valence-corrected chi connectivity index (χ2v) is 2.91. The standard InChI is InChI=1S/C11H9NO4/c1-2-16-11(15)10-8(5-12)3-7(6-13)4-9(10)14/h3-4,6,14H,2H2,1H3. The summed E-state index contributed by atoms with van der Waals surface area (Å²) in [5.74, 6) is -1.21. The maximum atomic E-state index is 11.4. The molecule has 0 spiro atoms. The molecule has 1 aromatic rings. The molecule has 1 rings (SSSR count). The molecule has 0 unspecified atom stereocenters. The van der Waals surface area contributed by atoms with Gasteiger partial charge in [-0.1, -0.05) is 0 Å². The lowest BCUT2D eigenvalue weighted by atomic mass is 10.0. The summed E-state index contributed by atoms with van der Waals surface area (Å²) in [5, 5.41) is 18.3. The Balaban J connectivity index is 3.33. The SMILES string of the molecule is CCOC(=O)c1c(O)cc(C=O)cc1C#N. The highest BCUT2D eigenvalue weighted by atomic mass is 16.5. The molecule has 0 saturated heterocycles. The average Bonchev–Trinajstić information content (AvgIpc) is 2.27. The normalized spacial score (nSPS) is 9.25. The smallest absolute Gasteiger partial charge is 0.343 e. The number of hydrogen-bond donors (Lipinski definition) is 1. The third-order valence-electron chi connectivity index (χ3n) is 1.88. The summed E-state index contributed by atoms with van der Waals surface area (Å²) in [7, 11) is 0. The Morgan fingerprint density at radius 2 is 2.31 bits per heavy atom. The Kier molecular flexibility index (Phi) is 3.62. The number of aromatic hydroxyl groups is 1. The van der Waals surface area contributed by atoms with Gasteiger partial charge in [-0.25, -0.2) is 4.79 Å². The molecular weight excluding hydrogens is 210 g/mol. The number of aldehydes is 1. The van der Waals surface area contributed by atoms with Crippen molar-refractivity contribution in [1.82, 2.24) is 0 Å². The molecule has 0 aliphatic heterocycles. The van der Waals surface area contributed by atoms with Gasteiger partial charge in [-0.15, -0.1) is 0 Å². The number of carbonyl (C=O) groups is 2. The van der Waals surface area contributed by atoms with E-state index in [0.29, 0.717) is 6.29 Å². The van der Waals surface area contributed by atoms with E-state index in [0.717, 1.165) is 6.07 Å². The van der Waals surface area contributed by atoms with Gasteiger partial charge in [0.2, 0.25) is 0 Å². The molecule has 82 valence electrons. The molecule has 0 saturated carbocycles. The Labute approximate surface area is 91.9 Å². The summed E-state index contributed by atoms with van der Waals surface area (Å²) in [5.41, 5.74) is -0.169. The number of nitrogens with zero attached hydrogens (tertiary/aromatic N) is 1. The number of esters is 1. The molecule has 0 heterocycles. The van der Waals surface area contributed by atoms with Crippen LogP contribution in [-0.2, 0) is 4.74 Å². The van der Waals surface area contributed by atoms with E-state index in [-0.39, 0.29) is 23.3 Å². The summed E-state index contributed by atoms with van der Waals surface area (Å²) in [4.78, 5) is 21.9. The fraction of sp³-hybridized carbons (Fsp3) is 0.182. The van der Waals surface area contributed by atoms with Crippen LogP contribution in [0.3, 0.4) is 0 Å². The van der Waals surface area contributed by atoms with Crippen LogP contribution in [0.1, 0.15) is 33.2 Å². The van der Waals surface area contributed by atoms with E-state index in [2.05, 4.69) is 4.74 Å². The highest BCUT2D eigenvalue weighted by Gasteiger charge is 2.18. The zero-order valence-electron chi connectivity index (χ0n) is 8.56. The molecule has 0 amide bonds. The van der Waals surface area contributed by atoms with Crippen molar-refractivity contribution < 1.29 is 19.4 Å². The molecular formula is C11H9NO4. The first-order chi connectivity index (χ1) is 7.63. The Bertz CT molecular complexity index is 474. The van der Waals surface area contributed by atoms with E-state index in [1.165, 1.54) is 6.07 Å². The average molecular weight is 219 g/mol. The molecule has 0 aliphatic rings. The van der Waals surface area contributed by atoms with Gasteiger partial charge < -0.3 is 9.84 Å². The molecule has 5 heteroatoms. The molecule has 0 bridgehead atoms. The van der Waals surface area contributed by atoms with E-state index in [9.17, 15) is 14.7 Å². The zero-order chi connectivity index (χ0) is 12.1. The predicted molar refractivity (Wildman–Crippen MR) is 54.2 cm³/mol. The van der Waals surface area contributed by atoms with Crippen molar-refractivity contribution in [2.75, 3.05) is 6.61 Å². The van der Waals surface area contributed by atoms with E-state index in [1.54, 1.807) is 13.0 Å². The molecule has 0 radical (unpaired) electrons. The van der Waals surface area contributed by atoms with Crippen molar-refractivity contribution in [3.05, 3.63) is 28.8 Å². The summed E-state index contributed by atoms with van der Waals surface area (Å²) in [6.07, 6.45) is 0.482. The van der Waals surface area contributed by atoms with Gasteiger partial charge in [-0.2, -0.15) is 5.26 Å². The van der Waals surface area contributed by atoms with E-state index >= 15 is 0 Å². The van der Waals surface area contributed by atoms with Crippen molar-refractivity contribution >= 4 is 12.3 Å². The molecule has 1 N–H and O–H groups in total. The first kappa shape index (κ1) is 11.7. The Morgan fingerprint density at radius 3 is 2.81 bits per heavy atom. The second-order valence-electron chi connectivity index (χ2n) is 2.91. The molecule has 1 aromatic carbocycles. The van der Waals surface area contributed by atoms with Crippen LogP contribution in [-0.4, -0.2) is 24.0 Å². The number of carbonyl (C=O) groups excluding carboxylic acids is 2. The number of ether oxygens (including phenoxy) is 1. The lowest BCUT2D eigenvalue weighted by Crippen LogP contribution is -2.08. The van der Waals surface area contributed by atoms with E-state index < -0.39 is 11.7 Å². The number of phenolic OH excluding ortho intramolecular Hbond substituents is 1. The van der Waals surface area contributed by atoms with E-state index in [1.807, 2.05) is 0 Å². The lowest BCUT2D eigenvalue weighted by Gasteiger charge is -2.06. The third-order valence-corrected chi connectivity index (χ3v) is 1.88. The first-order valence-corrected chi connectivity index (χ1v) is 4.53. The Morgan fingerprint density at radius 1 is 1.62 bits per heavy atom. The van der Waals surface area contributed by atoms with Gasteiger partial charge in [0.05, 0.1) is 12.2 Å². The maximum Gasteiger partial charge on any atom is 0.343 e. The second kappa shape index (κ2) is 4.94. The number of hydrogen-bond acceptors (Lipinski definition) is 5. The van der Waals surface area contributed by atoms with Gasteiger partial charge in [0.15, 0.2) is 0 Å². The minimum absolute atomic E-state index is 0.0828. The number of phenols is 1. The molecule has 16 heavy (non-hydrogen) atoms. The van der Waals surface area contributed by atoms with Gasteiger partial charge in [0, 0.05) is 5.56 Å². The van der Waals surface area contributed by atoms with Crippen molar-refractivity contribution in [1.29, 1.82) is 5.26 Å². The van der Waals surface area contributed by atoms with Crippen LogP contribution in [0.2, 0.25) is 0 Å². The van der Waals surface area contributed by atoms with Crippen LogP contribution in [0.25, 0.3) is 0 Å². The summed E-state index contributed by atoms with van der Waals surface area (Å²) < 4.78 is 4.69. The zero-order valence-corrected chi connectivity index (χ0v) is 8.56. The molecule has 0 fully saturated rings. The minimum Gasteiger partial charge on any atom is -0.507 e. The molecule has 0 atom stereocenters. The highest BCUT2D eigenvalue weighted by molar-refractivity contribution is 5.96. The fourth-order valence-corrected chi connectivity index (χ4v) is 1.22. The molecule has 5 nitrogen and oxygen atoms in total. The maximum absolute atomic E-state index is 11.4. The van der Waals surface area contributed by atoms with Gasteiger partial charge in [0.25, 0.3) is 0 Å². The van der Waals surface area contributed by atoms with E-state index in [4.69, 9.17) is 5.26 Å². The van der Waals surface area contributed by atoms with Crippen molar-refractivity contribution in [2.45, 2.75) is 6.92 Å². The third kappa shape index (κ3) is 2.17. The quantitative estimate of drug-likeness (QED) is 0.610. The molecule has 0 aliphatic carbocycles.